The number of aryl methyl sites for hydroxylation is 1. The zero-order chi connectivity index (χ0) is 11.5. The Hall–Kier alpha value is -1.26. The van der Waals surface area contributed by atoms with Crippen molar-refractivity contribution in [2.24, 2.45) is 5.73 Å². The minimum absolute atomic E-state index is 0.230. The third-order valence-electron chi connectivity index (χ3n) is 2.37. The molecule has 1 aromatic heterocycles. The molecule has 0 spiro atoms. The van der Waals surface area contributed by atoms with E-state index in [0.717, 1.165) is 22.0 Å². The number of halogens is 1. The first-order valence-electron chi connectivity index (χ1n) is 5.19. The number of thiazole rings is 1. The summed E-state index contributed by atoms with van der Waals surface area (Å²) in [6, 6.07) is 6.71. The fourth-order valence-electron chi connectivity index (χ4n) is 1.59. The molecule has 2 N–H and O–H groups in total. The van der Waals surface area contributed by atoms with Crippen molar-refractivity contribution in [3.63, 3.8) is 0 Å². The number of benzene rings is 1. The normalized spacial score (nSPS) is 10.7. The van der Waals surface area contributed by atoms with E-state index in [2.05, 4.69) is 4.98 Å². The molecular weight excluding hydrogens is 223 g/mol. The molecule has 16 heavy (non-hydrogen) atoms. The van der Waals surface area contributed by atoms with Crippen LogP contribution in [0.3, 0.4) is 0 Å². The standard InChI is InChI=1S/C12H13FN2S/c1-2-10-12(15-11(7-14)16-10)8-5-3-4-6-9(8)13/h3-6H,2,7,14H2,1H3. The van der Waals surface area contributed by atoms with Gasteiger partial charge in [-0.05, 0) is 18.6 Å². The molecule has 1 aromatic carbocycles. The Morgan fingerprint density at radius 1 is 1.38 bits per heavy atom. The summed E-state index contributed by atoms with van der Waals surface area (Å²) in [7, 11) is 0. The molecule has 84 valence electrons. The van der Waals surface area contributed by atoms with E-state index in [-0.39, 0.29) is 5.82 Å². The molecule has 2 aromatic rings. The predicted octanol–water partition coefficient (Wildman–Crippen LogP) is 2.97. The second-order valence-electron chi connectivity index (χ2n) is 3.42. The highest BCUT2D eigenvalue weighted by atomic mass is 32.1. The number of aromatic nitrogens is 1. The Kier molecular flexibility index (Phi) is 3.31. The molecule has 0 fully saturated rings. The Morgan fingerprint density at radius 3 is 2.75 bits per heavy atom. The van der Waals surface area contributed by atoms with Crippen LogP contribution in [-0.2, 0) is 13.0 Å². The van der Waals surface area contributed by atoms with E-state index in [9.17, 15) is 4.39 Å². The summed E-state index contributed by atoms with van der Waals surface area (Å²) in [5.74, 6) is -0.230. The molecule has 0 saturated heterocycles. The highest BCUT2D eigenvalue weighted by Crippen LogP contribution is 2.30. The first kappa shape index (κ1) is 11.2. The van der Waals surface area contributed by atoms with Gasteiger partial charge in [0.2, 0.25) is 0 Å². The van der Waals surface area contributed by atoms with Crippen molar-refractivity contribution in [3.8, 4) is 11.3 Å². The van der Waals surface area contributed by atoms with Gasteiger partial charge in [0.05, 0.1) is 5.69 Å². The Bertz CT molecular complexity index is 494. The van der Waals surface area contributed by atoms with E-state index in [1.165, 1.54) is 6.07 Å². The van der Waals surface area contributed by atoms with Gasteiger partial charge < -0.3 is 5.73 Å². The van der Waals surface area contributed by atoms with Crippen LogP contribution in [0.25, 0.3) is 11.3 Å². The van der Waals surface area contributed by atoms with Crippen LogP contribution in [0, 0.1) is 5.82 Å². The molecule has 0 amide bonds. The summed E-state index contributed by atoms with van der Waals surface area (Å²) in [5.41, 5.74) is 6.86. The highest BCUT2D eigenvalue weighted by molar-refractivity contribution is 7.12. The molecule has 0 unspecified atom stereocenters. The third-order valence-corrected chi connectivity index (χ3v) is 3.59. The largest absolute Gasteiger partial charge is 0.325 e. The quantitative estimate of drug-likeness (QED) is 0.889. The van der Waals surface area contributed by atoms with Crippen molar-refractivity contribution >= 4 is 11.3 Å². The SMILES string of the molecule is CCc1sc(CN)nc1-c1ccccc1F. The van der Waals surface area contributed by atoms with Gasteiger partial charge in [0.15, 0.2) is 0 Å². The van der Waals surface area contributed by atoms with Crippen LogP contribution in [-0.4, -0.2) is 4.98 Å². The molecule has 2 nitrogen and oxygen atoms in total. The minimum Gasteiger partial charge on any atom is -0.325 e. The van der Waals surface area contributed by atoms with E-state index in [0.29, 0.717) is 12.1 Å². The van der Waals surface area contributed by atoms with E-state index in [4.69, 9.17) is 5.73 Å². The average Bonchev–Trinajstić information content (AvgIpc) is 2.72. The van der Waals surface area contributed by atoms with Gasteiger partial charge in [-0.3, -0.25) is 0 Å². The van der Waals surface area contributed by atoms with E-state index in [1.54, 1.807) is 23.5 Å². The maximum absolute atomic E-state index is 13.6. The van der Waals surface area contributed by atoms with Crippen molar-refractivity contribution in [2.75, 3.05) is 0 Å². The Balaban J connectivity index is 2.54. The van der Waals surface area contributed by atoms with Crippen LogP contribution in [0.5, 0.6) is 0 Å². The van der Waals surface area contributed by atoms with E-state index in [1.807, 2.05) is 13.0 Å². The van der Waals surface area contributed by atoms with Crippen LogP contribution >= 0.6 is 11.3 Å². The van der Waals surface area contributed by atoms with Crippen LogP contribution < -0.4 is 5.73 Å². The maximum Gasteiger partial charge on any atom is 0.132 e. The summed E-state index contributed by atoms with van der Waals surface area (Å²) >= 11 is 1.56. The molecule has 2 rings (SSSR count). The van der Waals surface area contributed by atoms with Crippen molar-refractivity contribution in [2.45, 2.75) is 19.9 Å². The van der Waals surface area contributed by atoms with Crippen LogP contribution in [0.1, 0.15) is 16.8 Å². The lowest BCUT2D eigenvalue weighted by Crippen LogP contribution is -1.95. The van der Waals surface area contributed by atoms with Crippen LogP contribution in [0.4, 0.5) is 4.39 Å². The van der Waals surface area contributed by atoms with E-state index < -0.39 is 0 Å². The monoisotopic (exact) mass is 236 g/mol. The fraction of sp³-hybridized carbons (Fsp3) is 0.250. The summed E-state index contributed by atoms with van der Waals surface area (Å²) in [5, 5.41) is 0.857. The van der Waals surface area contributed by atoms with Gasteiger partial charge in [-0.2, -0.15) is 0 Å². The topological polar surface area (TPSA) is 38.9 Å². The zero-order valence-electron chi connectivity index (χ0n) is 9.03. The van der Waals surface area contributed by atoms with Gasteiger partial charge in [0.1, 0.15) is 10.8 Å². The van der Waals surface area contributed by atoms with Gasteiger partial charge in [-0.15, -0.1) is 11.3 Å². The molecular formula is C12H13FN2S. The maximum atomic E-state index is 13.6. The number of nitrogens with two attached hydrogens (primary N) is 1. The lowest BCUT2D eigenvalue weighted by molar-refractivity contribution is 0.630. The lowest BCUT2D eigenvalue weighted by atomic mass is 10.1. The van der Waals surface area contributed by atoms with Gasteiger partial charge in [0, 0.05) is 17.0 Å². The smallest absolute Gasteiger partial charge is 0.132 e. The molecule has 0 bridgehead atoms. The molecule has 0 aliphatic rings. The molecule has 0 saturated carbocycles. The van der Waals surface area contributed by atoms with Gasteiger partial charge in [0.25, 0.3) is 0 Å². The number of nitrogens with zero attached hydrogens (tertiary/aromatic N) is 1. The zero-order valence-corrected chi connectivity index (χ0v) is 9.85. The number of hydrogen-bond donors (Lipinski definition) is 1. The molecule has 0 aliphatic heterocycles. The molecule has 0 aliphatic carbocycles. The summed E-state index contributed by atoms with van der Waals surface area (Å²) in [6.07, 6.45) is 0.849. The summed E-state index contributed by atoms with van der Waals surface area (Å²) < 4.78 is 13.6. The first-order valence-corrected chi connectivity index (χ1v) is 6.01. The van der Waals surface area contributed by atoms with Gasteiger partial charge >= 0.3 is 0 Å². The molecule has 0 atom stereocenters. The molecule has 4 heteroatoms. The summed E-state index contributed by atoms with van der Waals surface area (Å²) in [4.78, 5) is 5.47. The summed E-state index contributed by atoms with van der Waals surface area (Å²) in [6.45, 7) is 2.45. The minimum atomic E-state index is -0.230. The highest BCUT2D eigenvalue weighted by Gasteiger charge is 2.13. The van der Waals surface area contributed by atoms with Crippen molar-refractivity contribution in [1.82, 2.24) is 4.98 Å². The van der Waals surface area contributed by atoms with Crippen LogP contribution in [0.2, 0.25) is 0 Å². The van der Waals surface area contributed by atoms with Crippen LogP contribution in [0.15, 0.2) is 24.3 Å². The third kappa shape index (κ3) is 1.99. The predicted molar refractivity (Wildman–Crippen MR) is 64.8 cm³/mol. The van der Waals surface area contributed by atoms with Crippen molar-refractivity contribution in [1.29, 1.82) is 0 Å². The first-order chi connectivity index (χ1) is 7.76. The van der Waals surface area contributed by atoms with Gasteiger partial charge in [-0.1, -0.05) is 19.1 Å². The molecule has 1 heterocycles. The molecule has 0 radical (unpaired) electrons. The Morgan fingerprint density at radius 2 is 2.12 bits per heavy atom. The second-order valence-corrected chi connectivity index (χ2v) is 4.59. The van der Waals surface area contributed by atoms with Crippen molar-refractivity contribution < 1.29 is 4.39 Å². The van der Waals surface area contributed by atoms with Gasteiger partial charge in [-0.25, -0.2) is 9.37 Å². The number of rotatable bonds is 3. The second kappa shape index (κ2) is 4.72. The fourth-order valence-corrected chi connectivity index (χ4v) is 2.49. The average molecular weight is 236 g/mol. The Labute approximate surface area is 97.9 Å². The van der Waals surface area contributed by atoms with Crippen molar-refractivity contribution in [3.05, 3.63) is 40.0 Å². The number of hydrogen-bond acceptors (Lipinski definition) is 3. The lowest BCUT2D eigenvalue weighted by Gasteiger charge is -2.01. The van der Waals surface area contributed by atoms with E-state index >= 15 is 0 Å².